The summed E-state index contributed by atoms with van der Waals surface area (Å²) in [6.45, 7) is 0.202. The summed E-state index contributed by atoms with van der Waals surface area (Å²) in [5.74, 6) is -0.357. The van der Waals surface area contributed by atoms with E-state index in [2.05, 4.69) is 0 Å². The zero-order valence-corrected chi connectivity index (χ0v) is 12.7. The van der Waals surface area contributed by atoms with Crippen LogP contribution in [-0.2, 0) is 21.4 Å². The van der Waals surface area contributed by atoms with Crippen molar-refractivity contribution in [2.45, 2.75) is 18.1 Å². The van der Waals surface area contributed by atoms with Gasteiger partial charge in [-0.1, -0.05) is 23.2 Å². The molecular weight excluding hydrogens is 328 g/mol. The van der Waals surface area contributed by atoms with Gasteiger partial charge in [-0.2, -0.15) is 8.42 Å². The fourth-order valence-corrected chi connectivity index (χ4v) is 3.43. The molecule has 8 heteroatoms. The monoisotopic (exact) mass is 339 g/mol. The van der Waals surface area contributed by atoms with E-state index in [0.29, 0.717) is 23.0 Å². The Hall–Kier alpha value is -0.850. The number of likely N-dealkylation sites (tertiary alicyclic amines) is 1. The maximum Gasteiger partial charge on any atom is 0.307 e. The van der Waals surface area contributed by atoms with Crippen molar-refractivity contribution < 1.29 is 17.1 Å². The van der Waals surface area contributed by atoms with Gasteiger partial charge in [-0.3, -0.25) is 4.79 Å². The Morgan fingerprint density at radius 1 is 1.25 bits per heavy atom. The summed E-state index contributed by atoms with van der Waals surface area (Å²) < 4.78 is 34.5. The third kappa shape index (κ3) is 3.84. The molecule has 110 valence electrons. The molecule has 1 fully saturated rings. The van der Waals surface area contributed by atoms with Crippen LogP contribution in [0.4, 0.5) is 3.89 Å². The summed E-state index contributed by atoms with van der Waals surface area (Å²) >= 11 is 11.7. The molecule has 0 radical (unpaired) electrons. The normalized spacial score (nSPS) is 19.6. The van der Waals surface area contributed by atoms with Gasteiger partial charge in [-0.15, -0.1) is 3.89 Å². The van der Waals surface area contributed by atoms with Crippen molar-refractivity contribution in [3.05, 3.63) is 33.8 Å². The lowest BCUT2D eigenvalue weighted by Gasteiger charge is -2.16. The second-order valence-corrected chi connectivity index (χ2v) is 7.16. The Labute approximate surface area is 126 Å². The minimum atomic E-state index is -4.67. The van der Waals surface area contributed by atoms with Gasteiger partial charge in [0, 0.05) is 29.6 Å². The second kappa shape index (κ2) is 5.87. The van der Waals surface area contributed by atoms with Gasteiger partial charge < -0.3 is 4.90 Å². The molecule has 0 saturated carbocycles. The summed E-state index contributed by atoms with van der Waals surface area (Å²) in [4.78, 5) is 13.0. The van der Waals surface area contributed by atoms with Crippen LogP contribution in [0.15, 0.2) is 18.2 Å². The van der Waals surface area contributed by atoms with Gasteiger partial charge in [0.25, 0.3) is 0 Å². The van der Waals surface area contributed by atoms with Gasteiger partial charge in [-0.25, -0.2) is 0 Å². The largest absolute Gasteiger partial charge is 0.341 e. The molecule has 1 amide bonds. The third-order valence-electron chi connectivity index (χ3n) is 3.17. The number of hydrogen-bond donors (Lipinski definition) is 0. The first-order valence-corrected chi connectivity index (χ1v) is 8.12. The highest BCUT2D eigenvalue weighted by Crippen LogP contribution is 2.22. The fraction of sp³-hybridized carbons (Fsp3) is 0.417. The number of rotatable bonds is 4. The van der Waals surface area contributed by atoms with Crippen LogP contribution in [0.25, 0.3) is 0 Å². The van der Waals surface area contributed by atoms with E-state index in [-0.39, 0.29) is 18.9 Å². The Bertz CT molecular complexity index is 615. The van der Waals surface area contributed by atoms with E-state index in [1.165, 1.54) is 4.90 Å². The zero-order valence-electron chi connectivity index (χ0n) is 10.4. The van der Waals surface area contributed by atoms with E-state index in [9.17, 15) is 17.1 Å². The van der Waals surface area contributed by atoms with E-state index in [0.717, 1.165) is 5.56 Å². The molecule has 1 atom stereocenters. The first-order valence-electron chi connectivity index (χ1n) is 5.92. The number of carbonyl (C=O) groups is 1. The molecule has 1 saturated heterocycles. The molecule has 1 aliphatic rings. The Kier molecular flexibility index (Phi) is 4.56. The maximum absolute atomic E-state index is 12.9. The highest BCUT2D eigenvalue weighted by atomic mass is 35.5. The fourth-order valence-electron chi connectivity index (χ4n) is 2.16. The quantitative estimate of drug-likeness (QED) is 0.791. The van der Waals surface area contributed by atoms with Crippen LogP contribution in [0, 0.1) is 0 Å². The summed E-state index contributed by atoms with van der Waals surface area (Å²) in [6.07, 6.45) is 0.181. The average Bonchev–Trinajstić information content (AvgIpc) is 2.66. The van der Waals surface area contributed by atoms with Gasteiger partial charge in [-0.05, 0) is 30.2 Å². The van der Waals surface area contributed by atoms with Crippen LogP contribution in [-0.4, -0.2) is 37.6 Å². The van der Waals surface area contributed by atoms with E-state index in [1.807, 2.05) is 0 Å². The maximum atomic E-state index is 12.9. The topological polar surface area (TPSA) is 54.5 Å². The highest BCUT2D eigenvalue weighted by Gasteiger charge is 2.37. The highest BCUT2D eigenvalue weighted by molar-refractivity contribution is 7.87. The zero-order chi connectivity index (χ0) is 14.9. The van der Waals surface area contributed by atoms with Crippen LogP contribution in [0.2, 0.25) is 10.0 Å². The van der Waals surface area contributed by atoms with Crippen LogP contribution in [0.3, 0.4) is 0 Å². The van der Waals surface area contributed by atoms with Gasteiger partial charge >= 0.3 is 10.2 Å². The van der Waals surface area contributed by atoms with Crippen molar-refractivity contribution in [3.8, 4) is 0 Å². The molecule has 1 heterocycles. The lowest BCUT2D eigenvalue weighted by atomic mass is 10.1. The van der Waals surface area contributed by atoms with Crippen molar-refractivity contribution in [1.29, 1.82) is 0 Å². The molecule has 0 aromatic heterocycles. The minimum Gasteiger partial charge on any atom is -0.341 e. The van der Waals surface area contributed by atoms with Gasteiger partial charge in [0.15, 0.2) is 0 Å². The van der Waals surface area contributed by atoms with Crippen molar-refractivity contribution in [2.24, 2.45) is 0 Å². The van der Waals surface area contributed by atoms with E-state index < -0.39 is 15.5 Å². The van der Waals surface area contributed by atoms with Crippen molar-refractivity contribution in [3.63, 3.8) is 0 Å². The van der Waals surface area contributed by atoms with E-state index in [4.69, 9.17) is 23.2 Å². The first-order chi connectivity index (χ1) is 9.25. The summed E-state index contributed by atoms with van der Waals surface area (Å²) in [6, 6.07) is 5.04. The van der Waals surface area contributed by atoms with Crippen molar-refractivity contribution >= 4 is 39.3 Å². The number of nitrogens with zero attached hydrogens (tertiary/aromatic N) is 1. The molecule has 0 N–H and O–H groups in total. The molecule has 4 nitrogen and oxygen atoms in total. The molecule has 20 heavy (non-hydrogen) atoms. The summed E-state index contributed by atoms with van der Waals surface area (Å²) in [5.41, 5.74) is 0.835. The SMILES string of the molecule is O=C1CC(S(=O)(=O)F)CN1CCc1cc(Cl)cc(Cl)c1. The van der Waals surface area contributed by atoms with Gasteiger partial charge in [0.2, 0.25) is 5.91 Å². The molecule has 1 aromatic carbocycles. The van der Waals surface area contributed by atoms with Crippen LogP contribution < -0.4 is 0 Å². The second-order valence-electron chi connectivity index (χ2n) is 4.67. The average molecular weight is 340 g/mol. The van der Waals surface area contributed by atoms with Crippen molar-refractivity contribution in [1.82, 2.24) is 4.90 Å². The number of halogens is 3. The lowest BCUT2D eigenvalue weighted by Crippen LogP contribution is -2.29. The standard InChI is InChI=1S/C12H12Cl2FNO3S/c13-9-3-8(4-10(14)5-9)1-2-16-7-11(6-12(16)17)20(15,18)19/h3-5,11H,1-2,6-7H2. The molecule has 1 unspecified atom stereocenters. The molecular formula is C12H12Cl2FNO3S. The van der Waals surface area contributed by atoms with E-state index >= 15 is 0 Å². The third-order valence-corrected chi connectivity index (χ3v) is 4.72. The molecule has 0 aliphatic carbocycles. The van der Waals surface area contributed by atoms with Crippen molar-refractivity contribution in [2.75, 3.05) is 13.1 Å². The minimum absolute atomic E-state index is 0.105. The molecule has 1 aromatic rings. The van der Waals surface area contributed by atoms with E-state index in [1.54, 1.807) is 18.2 Å². The van der Waals surface area contributed by atoms with Crippen LogP contribution in [0.5, 0.6) is 0 Å². The predicted octanol–water partition coefficient (Wildman–Crippen LogP) is 2.44. The number of benzene rings is 1. The Balaban J connectivity index is 1.99. The van der Waals surface area contributed by atoms with Crippen LogP contribution in [0.1, 0.15) is 12.0 Å². The number of hydrogen-bond acceptors (Lipinski definition) is 3. The summed E-state index contributed by atoms with van der Waals surface area (Å²) in [7, 11) is -4.67. The predicted molar refractivity (Wildman–Crippen MR) is 75.2 cm³/mol. The molecule has 2 rings (SSSR count). The smallest absolute Gasteiger partial charge is 0.307 e. The molecule has 0 bridgehead atoms. The Morgan fingerprint density at radius 3 is 2.35 bits per heavy atom. The molecule has 0 spiro atoms. The number of carbonyl (C=O) groups excluding carboxylic acids is 1. The number of amides is 1. The van der Waals surface area contributed by atoms with Gasteiger partial charge in [0.1, 0.15) is 5.25 Å². The first kappa shape index (κ1) is 15.5. The van der Waals surface area contributed by atoms with Crippen LogP contribution >= 0.6 is 23.2 Å². The Morgan fingerprint density at radius 2 is 1.85 bits per heavy atom. The molecule has 1 aliphatic heterocycles. The van der Waals surface area contributed by atoms with Gasteiger partial charge in [0.05, 0.1) is 0 Å². The lowest BCUT2D eigenvalue weighted by molar-refractivity contribution is -0.127. The summed E-state index contributed by atoms with van der Waals surface area (Å²) in [5, 5.41) is -0.271.